The molecule has 2 atom stereocenters. The van der Waals surface area contributed by atoms with E-state index in [1.165, 1.54) is 0 Å². The molecule has 0 spiro atoms. The number of carbonyl (C=O) groups is 2. The Kier molecular flexibility index (Phi) is 4.84. The van der Waals surface area contributed by atoms with Crippen LogP contribution < -0.4 is 0 Å². The molecule has 0 unspecified atom stereocenters. The summed E-state index contributed by atoms with van der Waals surface area (Å²) < 4.78 is 16.3. The number of hydrogen-bond acceptors (Lipinski definition) is 5. The van der Waals surface area contributed by atoms with Gasteiger partial charge in [-0.15, -0.1) is 0 Å². The molecule has 0 N–H and O–H groups in total. The number of epoxide rings is 1. The molecule has 1 aliphatic rings. The third kappa shape index (κ3) is 3.89. The van der Waals surface area contributed by atoms with Gasteiger partial charge in [-0.3, -0.25) is 0 Å². The number of hydrogen-bond donors (Lipinski definition) is 0. The van der Waals surface area contributed by atoms with Crippen LogP contribution in [0.15, 0.2) is 72.8 Å². The summed E-state index contributed by atoms with van der Waals surface area (Å²) in [6.07, 6.45) is -1.12. The minimum absolute atomic E-state index is 0.111. The molecule has 3 aromatic rings. The van der Waals surface area contributed by atoms with Crippen molar-refractivity contribution in [2.75, 3.05) is 6.61 Å². The fraction of sp³-hybridized carbons (Fsp3) is 0.217. The highest BCUT2D eigenvalue weighted by Crippen LogP contribution is 2.33. The summed E-state index contributed by atoms with van der Waals surface area (Å²) in [4.78, 5) is 25.3. The van der Waals surface area contributed by atoms with E-state index in [1.807, 2.05) is 60.7 Å². The van der Waals surface area contributed by atoms with Gasteiger partial charge in [-0.1, -0.05) is 60.7 Å². The van der Waals surface area contributed by atoms with Crippen molar-refractivity contribution >= 4 is 22.7 Å². The molecule has 0 aromatic heterocycles. The first-order chi connectivity index (χ1) is 13.5. The molecule has 0 saturated carbocycles. The molecule has 1 fully saturated rings. The van der Waals surface area contributed by atoms with E-state index in [2.05, 4.69) is 0 Å². The van der Waals surface area contributed by atoms with Gasteiger partial charge in [-0.2, -0.15) is 0 Å². The van der Waals surface area contributed by atoms with Gasteiger partial charge in [0.1, 0.15) is 12.2 Å². The third-order valence-electron chi connectivity index (χ3n) is 4.80. The normalized spacial score (nSPS) is 19.0. The van der Waals surface area contributed by atoms with Crippen LogP contribution in [0.2, 0.25) is 0 Å². The smallest absolute Gasteiger partial charge is 0.350 e. The number of benzene rings is 3. The fourth-order valence-corrected chi connectivity index (χ4v) is 2.98. The third-order valence-corrected chi connectivity index (χ3v) is 4.80. The minimum atomic E-state index is -1.12. The summed E-state index contributed by atoms with van der Waals surface area (Å²) >= 11 is 0. The first-order valence-corrected chi connectivity index (χ1v) is 9.09. The van der Waals surface area contributed by atoms with Crippen molar-refractivity contribution in [3.8, 4) is 0 Å². The molecule has 1 saturated heterocycles. The van der Waals surface area contributed by atoms with Crippen LogP contribution in [0.4, 0.5) is 0 Å². The Morgan fingerprint density at radius 1 is 1.00 bits per heavy atom. The molecule has 3 aromatic carbocycles. The van der Waals surface area contributed by atoms with Crippen LogP contribution >= 0.6 is 0 Å². The maximum absolute atomic E-state index is 12.7. The van der Waals surface area contributed by atoms with Gasteiger partial charge in [-0.25, -0.2) is 9.59 Å². The molecule has 0 radical (unpaired) electrons. The number of ether oxygens (including phenoxy) is 3. The maximum atomic E-state index is 12.7. The van der Waals surface area contributed by atoms with Crippen LogP contribution in [-0.4, -0.2) is 30.3 Å². The van der Waals surface area contributed by atoms with Crippen LogP contribution in [0.5, 0.6) is 0 Å². The molecule has 0 bridgehead atoms. The zero-order valence-electron chi connectivity index (χ0n) is 15.5. The topological polar surface area (TPSA) is 65.1 Å². The molecule has 0 aliphatic carbocycles. The lowest BCUT2D eigenvalue weighted by atomic mass is 10.1. The highest BCUT2D eigenvalue weighted by atomic mass is 16.7. The lowest BCUT2D eigenvalue weighted by Crippen LogP contribution is -2.40. The molecule has 4 rings (SSSR count). The van der Waals surface area contributed by atoms with Crippen molar-refractivity contribution < 1.29 is 23.8 Å². The largest absolute Gasteiger partial charge is 0.458 e. The molecule has 142 valence electrons. The van der Waals surface area contributed by atoms with E-state index in [0.717, 1.165) is 16.3 Å². The summed E-state index contributed by atoms with van der Waals surface area (Å²) in [7, 11) is 0. The van der Waals surface area contributed by atoms with Crippen LogP contribution in [0, 0.1) is 0 Å². The average Bonchev–Trinajstić information content (AvgIpc) is 3.48. The summed E-state index contributed by atoms with van der Waals surface area (Å²) in [6, 6.07) is 22.4. The van der Waals surface area contributed by atoms with Gasteiger partial charge in [0, 0.05) is 0 Å². The zero-order valence-corrected chi connectivity index (χ0v) is 15.5. The SMILES string of the molecule is C[C@@]1([C@H](OC(=O)c2ccc3ccccc3c2)C(=O)OCc2ccccc2)CO1. The second kappa shape index (κ2) is 7.44. The van der Waals surface area contributed by atoms with Crippen LogP contribution in [-0.2, 0) is 25.6 Å². The highest BCUT2D eigenvalue weighted by Gasteiger charge is 2.54. The Labute approximate surface area is 162 Å². The molecule has 5 nitrogen and oxygen atoms in total. The Morgan fingerprint density at radius 2 is 1.68 bits per heavy atom. The van der Waals surface area contributed by atoms with Gasteiger partial charge in [0.25, 0.3) is 0 Å². The van der Waals surface area contributed by atoms with Crippen LogP contribution in [0.3, 0.4) is 0 Å². The Hall–Kier alpha value is -3.18. The molecular weight excluding hydrogens is 356 g/mol. The van der Waals surface area contributed by atoms with Gasteiger partial charge in [0.15, 0.2) is 0 Å². The molecule has 28 heavy (non-hydrogen) atoms. The molecular formula is C23H20O5. The Morgan fingerprint density at radius 3 is 2.39 bits per heavy atom. The first-order valence-electron chi connectivity index (χ1n) is 9.09. The van der Waals surface area contributed by atoms with Gasteiger partial charge in [0.05, 0.1) is 12.2 Å². The summed E-state index contributed by atoms with van der Waals surface area (Å²) in [5, 5.41) is 1.95. The van der Waals surface area contributed by atoms with E-state index >= 15 is 0 Å². The van der Waals surface area contributed by atoms with Crippen molar-refractivity contribution in [3.63, 3.8) is 0 Å². The zero-order chi connectivity index (χ0) is 19.6. The lowest BCUT2D eigenvalue weighted by molar-refractivity contribution is -0.158. The van der Waals surface area contributed by atoms with Crippen molar-refractivity contribution in [2.24, 2.45) is 0 Å². The van der Waals surface area contributed by atoms with E-state index in [9.17, 15) is 9.59 Å². The highest BCUT2D eigenvalue weighted by molar-refractivity contribution is 5.96. The minimum Gasteiger partial charge on any atom is -0.458 e. The quantitative estimate of drug-likeness (QED) is 0.482. The second-order valence-electron chi connectivity index (χ2n) is 7.04. The predicted molar refractivity (Wildman–Crippen MR) is 104 cm³/mol. The van der Waals surface area contributed by atoms with Crippen LogP contribution in [0.25, 0.3) is 10.8 Å². The monoisotopic (exact) mass is 376 g/mol. The standard InChI is InChI=1S/C23H20O5/c1-23(15-27-23)20(22(25)26-14-16-7-3-2-4-8-16)28-21(24)19-12-11-17-9-5-6-10-18(17)13-19/h2-13,20H,14-15H2,1H3/t20-,23+/m1/s1. The number of fused-ring (bicyclic) bond motifs is 1. The number of carbonyl (C=O) groups excluding carboxylic acids is 2. The van der Waals surface area contributed by atoms with E-state index in [-0.39, 0.29) is 6.61 Å². The lowest BCUT2D eigenvalue weighted by Gasteiger charge is -2.20. The van der Waals surface area contributed by atoms with Gasteiger partial charge in [0.2, 0.25) is 6.10 Å². The van der Waals surface area contributed by atoms with E-state index in [1.54, 1.807) is 19.1 Å². The predicted octanol–water partition coefficient (Wildman–Crippen LogP) is 3.90. The van der Waals surface area contributed by atoms with Gasteiger partial charge < -0.3 is 14.2 Å². The average molecular weight is 376 g/mol. The fourth-order valence-electron chi connectivity index (χ4n) is 2.98. The Bertz CT molecular complexity index is 1010. The van der Waals surface area contributed by atoms with Crippen LogP contribution in [0.1, 0.15) is 22.8 Å². The summed E-state index contributed by atoms with van der Waals surface area (Å²) in [5.41, 5.74) is 0.390. The summed E-state index contributed by atoms with van der Waals surface area (Å²) in [6.45, 7) is 2.18. The van der Waals surface area contributed by atoms with Crippen molar-refractivity contribution in [3.05, 3.63) is 83.9 Å². The van der Waals surface area contributed by atoms with E-state index < -0.39 is 23.6 Å². The van der Waals surface area contributed by atoms with Gasteiger partial charge in [-0.05, 0) is 35.4 Å². The van der Waals surface area contributed by atoms with E-state index in [4.69, 9.17) is 14.2 Å². The second-order valence-corrected chi connectivity index (χ2v) is 7.04. The Balaban J connectivity index is 1.48. The molecule has 1 aliphatic heterocycles. The number of esters is 2. The van der Waals surface area contributed by atoms with E-state index in [0.29, 0.717) is 12.2 Å². The maximum Gasteiger partial charge on any atom is 0.350 e. The molecule has 0 amide bonds. The van der Waals surface area contributed by atoms with Crippen molar-refractivity contribution in [2.45, 2.75) is 25.2 Å². The summed E-state index contributed by atoms with van der Waals surface area (Å²) in [5.74, 6) is -1.19. The molecule has 1 heterocycles. The first kappa shape index (κ1) is 18.2. The van der Waals surface area contributed by atoms with Crippen molar-refractivity contribution in [1.82, 2.24) is 0 Å². The van der Waals surface area contributed by atoms with Gasteiger partial charge >= 0.3 is 11.9 Å². The number of rotatable bonds is 6. The molecule has 5 heteroatoms. The van der Waals surface area contributed by atoms with Crippen molar-refractivity contribution in [1.29, 1.82) is 0 Å².